The van der Waals surface area contributed by atoms with Gasteiger partial charge in [0.25, 0.3) is 11.8 Å². The minimum absolute atomic E-state index is 0.0221. The second-order valence-corrected chi connectivity index (χ2v) is 6.27. The molecule has 0 saturated carbocycles. The second-order valence-electron chi connectivity index (χ2n) is 6.27. The van der Waals surface area contributed by atoms with Crippen LogP contribution in [0, 0.1) is 5.82 Å². The van der Waals surface area contributed by atoms with Crippen LogP contribution in [0.5, 0.6) is 0 Å². The van der Waals surface area contributed by atoms with E-state index >= 15 is 0 Å². The molecule has 0 aromatic heterocycles. The fourth-order valence-corrected chi connectivity index (χ4v) is 3.37. The monoisotopic (exact) mass is 367 g/mol. The zero-order valence-corrected chi connectivity index (χ0v) is 14.0. The van der Waals surface area contributed by atoms with Crippen molar-refractivity contribution >= 4 is 29.3 Å². The fraction of sp³-hybridized carbons (Fsp3) is 0.158. The molecule has 3 aliphatic rings. The summed E-state index contributed by atoms with van der Waals surface area (Å²) in [6, 6.07) is 1.06. The number of nitrogens with one attached hydrogen (secondary N) is 1. The molecule has 1 aromatic carbocycles. The predicted octanol–water partition coefficient (Wildman–Crippen LogP) is 1.63. The number of benzene rings is 1. The quantitative estimate of drug-likeness (QED) is 0.803. The van der Waals surface area contributed by atoms with Crippen LogP contribution < -0.4 is 10.2 Å². The molecule has 0 bridgehead atoms. The standard InChI is InChI=1S/C19H14FN3O4/c20-11-9-12-16(14(10-11)22-7-3-1-2-4-8-22)19(27)23(18(12)26)13-5-6-15(24)21-17(13)25/h1-4,7-10,13H,5-6H2,(H,21,24,25)/t13-/m0/s1. The van der Waals surface area contributed by atoms with E-state index in [1.54, 1.807) is 36.7 Å². The molecule has 27 heavy (non-hydrogen) atoms. The van der Waals surface area contributed by atoms with Crippen LogP contribution in [0.1, 0.15) is 33.6 Å². The van der Waals surface area contributed by atoms with Crippen LogP contribution in [0.25, 0.3) is 0 Å². The molecule has 1 saturated heterocycles. The average molecular weight is 367 g/mol. The van der Waals surface area contributed by atoms with Gasteiger partial charge < -0.3 is 4.90 Å². The molecule has 1 atom stereocenters. The van der Waals surface area contributed by atoms with Gasteiger partial charge in [0.2, 0.25) is 11.8 Å². The number of fused-ring (bicyclic) bond motifs is 1. The largest absolute Gasteiger partial charge is 0.323 e. The fourth-order valence-electron chi connectivity index (χ4n) is 3.37. The van der Waals surface area contributed by atoms with Gasteiger partial charge in [0.15, 0.2) is 0 Å². The van der Waals surface area contributed by atoms with Gasteiger partial charge in [-0.05, 0) is 30.7 Å². The predicted molar refractivity (Wildman–Crippen MR) is 93.0 cm³/mol. The Bertz CT molecular complexity index is 963. The first-order valence-corrected chi connectivity index (χ1v) is 8.32. The van der Waals surface area contributed by atoms with Gasteiger partial charge in [-0.15, -0.1) is 0 Å². The zero-order valence-electron chi connectivity index (χ0n) is 14.0. The number of nitrogens with zero attached hydrogens (tertiary/aromatic N) is 2. The zero-order chi connectivity index (χ0) is 19.1. The first-order valence-electron chi connectivity index (χ1n) is 8.32. The van der Waals surface area contributed by atoms with E-state index in [0.717, 1.165) is 17.0 Å². The minimum atomic E-state index is -1.09. The van der Waals surface area contributed by atoms with Crippen molar-refractivity contribution in [1.29, 1.82) is 0 Å². The van der Waals surface area contributed by atoms with Crippen LogP contribution in [0.3, 0.4) is 0 Å². The van der Waals surface area contributed by atoms with Gasteiger partial charge in [-0.1, -0.05) is 12.2 Å². The highest BCUT2D eigenvalue weighted by molar-refractivity contribution is 6.25. The molecule has 4 amide bonds. The summed E-state index contributed by atoms with van der Waals surface area (Å²) < 4.78 is 14.2. The van der Waals surface area contributed by atoms with Gasteiger partial charge in [-0.3, -0.25) is 29.4 Å². The SMILES string of the molecule is O=C1CC[C@H](N2C(=O)c3cc(F)cc(N4C=CC=CC=C4)c3C2=O)C(=O)N1. The lowest BCUT2D eigenvalue weighted by Gasteiger charge is -2.28. The molecule has 1 N–H and O–H groups in total. The summed E-state index contributed by atoms with van der Waals surface area (Å²) in [7, 11) is 0. The maximum atomic E-state index is 14.2. The molecule has 0 unspecified atom stereocenters. The molecule has 0 radical (unpaired) electrons. The Morgan fingerprint density at radius 1 is 0.963 bits per heavy atom. The smallest absolute Gasteiger partial charge is 0.264 e. The molecule has 136 valence electrons. The van der Waals surface area contributed by atoms with Gasteiger partial charge in [0.05, 0.1) is 16.8 Å². The molecule has 0 spiro atoms. The van der Waals surface area contributed by atoms with Crippen molar-refractivity contribution in [3.05, 3.63) is 65.8 Å². The molecule has 4 rings (SSSR count). The van der Waals surface area contributed by atoms with Crippen molar-refractivity contribution in [2.45, 2.75) is 18.9 Å². The number of carbonyl (C=O) groups excluding carboxylic acids is 4. The van der Waals surface area contributed by atoms with Crippen LogP contribution in [0.4, 0.5) is 10.1 Å². The van der Waals surface area contributed by atoms with Gasteiger partial charge in [-0.25, -0.2) is 4.39 Å². The Morgan fingerprint density at radius 2 is 1.67 bits per heavy atom. The van der Waals surface area contributed by atoms with E-state index in [4.69, 9.17) is 0 Å². The number of allylic oxidation sites excluding steroid dienone is 4. The number of halogens is 1. The summed E-state index contributed by atoms with van der Waals surface area (Å²) >= 11 is 0. The van der Waals surface area contributed by atoms with Crippen LogP contribution in [-0.2, 0) is 9.59 Å². The molecule has 8 heteroatoms. The van der Waals surface area contributed by atoms with E-state index in [-0.39, 0.29) is 29.7 Å². The minimum Gasteiger partial charge on any atom is -0.323 e. The number of imide groups is 2. The van der Waals surface area contributed by atoms with Crippen LogP contribution in [0.15, 0.2) is 48.8 Å². The number of carbonyl (C=O) groups is 4. The highest BCUT2D eigenvalue weighted by Crippen LogP contribution is 2.35. The number of piperidine rings is 1. The third-order valence-electron chi connectivity index (χ3n) is 4.59. The third kappa shape index (κ3) is 2.75. The van der Waals surface area contributed by atoms with E-state index in [9.17, 15) is 23.6 Å². The highest BCUT2D eigenvalue weighted by atomic mass is 19.1. The summed E-state index contributed by atoms with van der Waals surface area (Å²) in [5.74, 6) is -3.26. The molecule has 0 aliphatic carbocycles. The summed E-state index contributed by atoms with van der Waals surface area (Å²) in [5.41, 5.74) is 0.135. The first kappa shape index (κ1) is 16.9. The van der Waals surface area contributed by atoms with E-state index in [2.05, 4.69) is 5.32 Å². The lowest BCUT2D eigenvalue weighted by Crippen LogP contribution is -2.54. The van der Waals surface area contributed by atoms with Crippen LogP contribution in [0.2, 0.25) is 0 Å². The van der Waals surface area contributed by atoms with Crippen LogP contribution in [-0.4, -0.2) is 34.6 Å². The van der Waals surface area contributed by atoms with E-state index in [1.165, 1.54) is 4.90 Å². The number of hydrogen-bond donors (Lipinski definition) is 1. The van der Waals surface area contributed by atoms with Gasteiger partial charge in [0.1, 0.15) is 11.9 Å². The summed E-state index contributed by atoms with van der Waals surface area (Å²) in [6.07, 6.45) is 10.3. The normalized spacial score (nSPS) is 21.6. The Labute approximate surface area is 153 Å². The Hall–Kier alpha value is -3.55. The topological polar surface area (TPSA) is 86.8 Å². The lowest BCUT2D eigenvalue weighted by atomic mass is 10.0. The van der Waals surface area contributed by atoms with Gasteiger partial charge >= 0.3 is 0 Å². The number of anilines is 1. The molecule has 1 aromatic rings. The summed E-state index contributed by atoms with van der Waals surface area (Å²) in [6.45, 7) is 0. The highest BCUT2D eigenvalue weighted by Gasteiger charge is 2.46. The molecule has 3 heterocycles. The first-order chi connectivity index (χ1) is 13.0. The van der Waals surface area contributed by atoms with E-state index < -0.39 is 35.5 Å². The van der Waals surface area contributed by atoms with Crippen molar-refractivity contribution in [2.75, 3.05) is 4.90 Å². The van der Waals surface area contributed by atoms with Crippen molar-refractivity contribution in [2.24, 2.45) is 0 Å². The average Bonchev–Trinajstić information content (AvgIpc) is 2.83. The van der Waals surface area contributed by atoms with Crippen LogP contribution >= 0.6 is 0 Å². The van der Waals surface area contributed by atoms with E-state index in [0.29, 0.717) is 0 Å². The van der Waals surface area contributed by atoms with Crippen molar-refractivity contribution in [1.82, 2.24) is 10.2 Å². The molecule has 7 nitrogen and oxygen atoms in total. The Balaban J connectivity index is 1.78. The lowest BCUT2D eigenvalue weighted by molar-refractivity contribution is -0.136. The van der Waals surface area contributed by atoms with Crippen molar-refractivity contribution in [3.63, 3.8) is 0 Å². The molecular weight excluding hydrogens is 353 g/mol. The number of amides is 4. The Morgan fingerprint density at radius 3 is 2.33 bits per heavy atom. The van der Waals surface area contributed by atoms with Crippen molar-refractivity contribution in [3.8, 4) is 0 Å². The van der Waals surface area contributed by atoms with Gasteiger partial charge in [-0.2, -0.15) is 0 Å². The second kappa shape index (κ2) is 6.31. The van der Waals surface area contributed by atoms with Crippen molar-refractivity contribution < 1.29 is 23.6 Å². The third-order valence-corrected chi connectivity index (χ3v) is 4.59. The maximum absolute atomic E-state index is 14.2. The summed E-state index contributed by atoms with van der Waals surface area (Å²) in [5, 5.41) is 2.13. The molecule has 3 aliphatic heterocycles. The number of hydrogen-bond acceptors (Lipinski definition) is 5. The summed E-state index contributed by atoms with van der Waals surface area (Å²) in [4.78, 5) is 51.7. The Kier molecular flexibility index (Phi) is 3.95. The molecular formula is C19H14FN3O4. The van der Waals surface area contributed by atoms with Gasteiger partial charge in [0, 0.05) is 18.8 Å². The van der Waals surface area contributed by atoms with E-state index in [1.807, 2.05) is 0 Å². The molecule has 1 fully saturated rings. The number of rotatable bonds is 2. The maximum Gasteiger partial charge on any atom is 0.264 e.